The van der Waals surface area contributed by atoms with Crippen LogP contribution in [-0.2, 0) is 20.5 Å². The van der Waals surface area contributed by atoms with Gasteiger partial charge in [-0.05, 0) is 29.9 Å². The Labute approximate surface area is 144 Å². The van der Waals surface area contributed by atoms with Gasteiger partial charge in [0.2, 0.25) is 5.88 Å². The summed E-state index contributed by atoms with van der Waals surface area (Å²) in [5.41, 5.74) is 0.805. The second kappa shape index (κ2) is 7.53. The fourth-order valence-corrected chi connectivity index (χ4v) is 3.01. The van der Waals surface area contributed by atoms with Gasteiger partial charge in [0, 0.05) is 14.1 Å². The van der Waals surface area contributed by atoms with Crippen LogP contribution < -0.4 is 11.2 Å². The zero-order valence-electron chi connectivity index (χ0n) is 14.2. The number of aliphatic imine (C=N–C) groups is 1. The zero-order valence-corrected chi connectivity index (χ0v) is 15.1. The molecule has 1 aromatic heterocycles. The summed E-state index contributed by atoms with van der Waals surface area (Å²) in [6.07, 6.45) is 0.933. The number of nitrogens with zero attached hydrogens (tertiary/aromatic N) is 3. The lowest BCUT2D eigenvalue weighted by Gasteiger charge is -2.12. The fourth-order valence-electron chi connectivity index (χ4n) is 2.24. The molecule has 0 saturated carbocycles. The average Bonchev–Trinajstić information content (AvgIpc) is 2.59. The van der Waals surface area contributed by atoms with Crippen LogP contribution in [0.15, 0.2) is 38.8 Å². The Morgan fingerprint density at radius 1 is 1.12 bits per heavy atom. The molecular weight excluding hydrogens is 326 g/mol. The summed E-state index contributed by atoms with van der Waals surface area (Å²) in [7, 11) is 2.81. The number of rotatable bonds is 4. The lowest BCUT2D eigenvalue weighted by Crippen LogP contribution is -2.39. The van der Waals surface area contributed by atoms with Gasteiger partial charge < -0.3 is 5.11 Å². The van der Waals surface area contributed by atoms with Crippen LogP contribution >= 0.6 is 11.8 Å². The van der Waals surface area contributed by atoms with Crippen molar-refractivity contribution in [2.24, 2.45) is 19.1 Å². The molecule has 0 saturated heterocycles. The Bertz CT molecular complexity index is 880. The van der Waals surface area contributed by atoms with Crippen LogP contribution in [-0.4, -0.2) is 25.0 Å². The Hall–Kier alpha value is -2.28. The van der Waals surface area contributed by atoms with Crippen LogP contribution in [0.2, 0.25) is 0 Å². The molecule has 0 aliphatic rings. The highest BCUT2D eigenvalue weighted by molar-refractivity contribution is 8.14. The van der Waals surface area contributed by atoms with Gasteiger partial charge in [-0.1, -0.05) is 26.0 Å². The highest BCUT2D eigenvalue weighted by Crippen LogP contribution is 2.23. The quantitative estimate of drug-likeness (QED) is 0.679. The molecule has 0 spiro atoms. The number of hydrogen-bond donors (Lipinski definition) is 1. The molecule has 0 aliphatic carbocycles. The van der Waals surface area contributed by atoms with Gasteiger partial charge in [-0.25, -0.2) is 9.79 Å². The maximum atomic E-state index is 12.5. The highest BCUT2D eigenvalue weighted by Gasteiger charge is 2.20. The normalized spacial score (nSPS) is 11.8. The van der Waals surface area contributed by atoms with Gasteiger partial charge in [0.05, 0.1) is 5.69 Å². The van der Waals surface area contributed by atoms with Gasteiger partial charge in [-0.15, -0.1) is 11.8 Å². The SMILES string of the molecule is CCSC(=Nc1ccc(CC)cc1)c1c(O)n(C)c(=O)n(C)c1=O. The number of aromatic hydroxyl groups is 1. The van der Waals surface area contributed by atoms with Crippen molar-refractivity contribution in [3.63, 3.8) is 0 Å². The van der Waals surface area contributed by atoms with E-state index >= 15 is 0 Å². The summed E-state index contributed by atoms with van der Waals surface area (Å²) in [5, 5.41) is 10.7. The minimum absolute atomic E-state index is 0.0472. The Morgan fingerprint density at radius 3 is 2.29 bits per heavy atom. The number of aryl methyl sites for hydroxylation is 1. The molecule has 0 aliphatic heterocycles. The second-order valence-electron chi connectivity index (χ2n) is 5.27. The Morgan fingerprint density at radius 2 is 1.75 bits per heavy atom. The van der Waals surface area contributed by atoms with Crippen LogP contribution in [0, 0.1) is 0 Å². The van der Waals surface area contributed by atoms with Crippen molar-refractivity contribution in [1.29, 1.82) is 0 Å². The second-order valence-corrected chi connectivity index (χ2v) is 6.53. The third kappa shape index (κ3) is 3.46. The fraction of sp³-hybridized carbons (Fsp3) is 0.353. The molecule has 24 heavy (non-hydrogen) atoms. The molecule has 1 aromatic carbocycles. The van der Waals surface area contributed by atoms with E-state index in [4.69, 9.17) is 0 Å². The summed E-state index contributed by atoms with van der Waals surface area (Å²) in [6.45, 7) is 4.01. The van der Waals surface area contributed by atoms with E-state index in [0.29, 0.717) is 16.5 Å². The topological polar surface area (TPSA) is 76.6 Å². The molecule has 0 unspecified atom stereocenters. The predicted octanol–water partition coefficient (Wildman–Crippen LogP) is 2.18. The lowest BCUT2D eigenvalue weighted by atomic mass is 10.1. The molecular formula is C17H21N3O3S. The standard InChI is InChI=1S/C17H21N3O3S/c1-5-11-7-9-12(10-8-11)18-14(24-6-2)13-15(21)19(3)17(23)20(4)16(13)22/h7-10,21H,5-6H2,1-4H3. The van der Waals surface area contributed by atoms with E-state index in [9.17, 15) is 14.7 Å². The summed E-state index contributed by atoms with van der Waals surface area (Å²) >= 11 is 1.35. The van der Waals surface area contributed by atoms with E-state index in [2.05, 4.69) is 11.9 Å². The largest absolute Gasteiger partial charge is 0.494 e. The number of benzene rings is 1. The first-order valence-corrected chi connectivity index (χ1v) is 8.69. The summed E-state index contributed by atoms with van der Waals surface area (Å²) in [6, 6.07) is 7.70. The molecule has 128 valence electrons. The van der Waals surface area contributed by atoms with Gasteiger partial charge in [-0.2, -0.15) is 0 Å². The smallest absolute Gasteiger partial charge is 0.333 e. The maximum Gasteiger partial charge on any atom is 0.333 e. The summed E-state index contributed by atoms with van der Waals surface area (Å²) in [4.78, 5) is 28.9. The van der Waals surface area contributed by atoms with Crippen molar-refractivity contribution in [2.75, 3.05) is 5.75 Å². The van der Waals surface area contributed by atoms with E-state index in [-0.39, 0.29) is 11.4 Å². The van der Waals surface area contributed by atoms with Crippen molar-refractivity contribution in [1.82, 2.24) is 9.13 Å². The third-order valence-corrected chi connectivity index (χ3v) is 4.56. The van der Waals surface area contributed by atoms with Crippen molar-refractivity contribution < 1.29 is 5.11 Å². The van der Waals surface area contributed by atoms with Gasteiger partial charge >= 0.3 is 5.69 Å². The molecule has 1 heterocycles. The molecule has 7 heteroatoms. The molecule has 0 radical (unpaired) electrons. The molecule has 6 nitrogen and oxygen atoms in total. The van der Waals surface area contributed by atoms with Crippen LogP contribution in [0.5, 0.6) is 5.88 Å². The Balaban J connectivity index is 2.65. The van der Waals surface area contributed by atoms with E-state index in [1.165, 1.54) is 31.4 Å². The van der Waals surface area contributed by atoms with E-state index in [0.717, 1.165) is 15.6 Å². The molecule has 1 N–H and O–H groups in total. The lowest BCUT2D eigenvalue weighted by molar-refractivity contribution is 0.410. The van der Waals surface area contributed by atoms with Crippen molar-refractivity contribution in [3.05, 3.63) is 56.2 Å². The molecule has 0 amide bonds. The molecule has 0 bridgehead atoms. The van der Waals surface area contributed by atoms with Crippen molar-refractivity contribution >= 4 is 22.5 Å². The minimum Gasteiger partial charge on any atom is -0.494 e. The van der Waals surface area contributed by atoms with Gasteiger partial charge in [0.25, 0.3) is 5.56 Å². The van der Waals surface area contributed by atoms with Crippen molar-refractivity contribution in [2.45, 2.75) is 20.3 Å². The van der Waals surface area contributed by atoms with E-state index in [1.54, 1.807) is 0 Å². The molecule has 2 rings (SSSR count). The monoisotopic (exact) mass is 347 g/mol. The predicted molar refractivity (Wildman–Crippen MR) is 98.7 cm³/mol. The van der Waals surface area contributed by atoms with Crippen LogP contribution in [0.3, 0.4) is 0 Å². The van der Waals surface area contributed by atoms with Crippen LogP contribution in [0.4, 0.5) is 5.69 Å². The van der Waals surface area contributed by atoms with E-state index < -0.39 is 11.2 Å². The number of hydrogen-bond acceptors (Lipinski definition) is 5. The Kier molecular flexibility index (Phi) is 5.66. The molecule has 0 fully saturated rings. The number of aromatic nitrogens is 2. The highest BCUT2D eigenvalue weighted by atomic mass is 32.2. The van der Waals surface area contributed by atoms with Gasteiger partial charge in [-0.3, -0.25) is 13.9 Å². The van der Waals surface area contributed by atoms with Crippen molar-refractivity contribution in [3.8, 4) is 5.88 Å². The van der Waals surface area contributed by atoms with Crippen LogP contribution in [0.25, 0.3) is 0 Å². The first-order chi connectivity index (χ1) is 11.4. The first-order valence-electron chi connectivity index (χ1n) is 7.70. The molecule has 2 aromatic rings. The van der Waals surface area contributed by atoms with Gasteiger partial charge in [0.15, 0.2) is 0 Å². The first kappa shape index (κ1) is 18.1. The summed E-state index contributed by atoms with van der Waals surface area (Å²) < 4.78 is 2.02. The minimum atomic E-state index is -0.575. The van der Waals surface area contributed by atoms with E-state index in [1.807, 2.05) is 31.2 Å². The molecule has 0 atom stereocenters. The van der Waals surface area contributed by atoms with Gasteiger partial charge in [0.1, 0.15) is 10.6 Å². The zero-order chi connectivity index (χ0) is 17.9. The third-order valence-electron chi connectivity index (χ3n) is 3.70. The average molecular weight is 347 g/mol. The maximum absolute atomic E-state index is 12.5. The van der Waals surface area contributed by atoms with Crippen LogP contribution in [0.1, 0.15) is 25.0 Å². The summed E-state index contributed by atoms with van der Waals surface area (Å²) in [5.74, 6) is 0.310. The number of thioether (sulfide) groups is 1.